The number of rotatable bonds is 6. The van der Waals surface area contributed by atoms with E-state index in [0.717, 1.165) is 16.0 Å². The van der Waals surface area contributed by atoms with Gasteiger partial charge < -0.3 is 15.4 Å². The predicted octanol–water partition coefficient (Wildman–Crippen LogP) is 2.42. The first kappa shape index (κ1) is 20.8. The molecule has 166 valence electrons. The minimum absolute atomic E-state index is 0.111. The second-order valence-electron chi connectivity index (χ2n) is 7.60. The molecule has 1 aliphatic heterocycles. The maximum absolute atomic E-state index is 12.9. The molecule has 0 saturated carbocycles. The van der Waals surface area contributed by atoms with Crippen LogP contribution in [0.25, 0.3) is 5.65 Å². The number of hydrogen-bond acceptors (Lipinski definition) is 7. The molecule has 3 aromatic heterocycles. The number of aromatic nitrogens is 3. The SMILES string of the molecule is Cc1ccc(CNC(=O)c2cc(C(=O)NCc3ccc4c(c3)CC(=O)O4)nc3ccnn23)s1. The van der Waals surface area contributed by atoms with E-state index in [4.69, 9.17) is 4.74 Å². The predicted molar refractivity (Wildman–Crippen MR) is 120 cm³/mol. The minimum Gasteiger partial charge on any atom is -0.426 e. The van der Waals surface area contributed by atoms with Gasteiger partial charge in [0.2, 0.25) is 0 Å². The average molecular weight is 462 g/mol. The van der Waals surface area contributed by atoms with Crippen molar-refractivity contribution in [3.8, 4) is 5.75 Å². The lowest BCUT2D eigenvalue weighted by Crippen LogP contribution is -2.28. The molecule has 10 heteroatoms. The Kier molecular flexibility index (Phi) is 5.35. The van der Waals surface area contributed by atoms with Crippen molar-refractivity contribution in [1.82, 2.24) is 25.2 Å². The zero-order chi connectivity index (χ0) is 22.9. The third kappa shape index (κ3) is 4.33. The summed E-state index contributed by atoms with van der Waals surface area (Å²) >= 11 is 1.61. The fourth-order valence-corrected chi connectivity index (χ4v) is 4.43. The molecule has 1 aromatic carbocycles. The summed E-state index contributed by atoms with van der Waals surface area (Å²) in [5.74, 6) is -0.509. The third-order valence-corrected chi connectivity index (χ3v) is 6.18. The number of carbonyl (C=O) groups excluding carboxylic acids is 3. The average Bonchev–Trinajstić information content (AvgIpc) is 3.53. The van der Waals surface area contributed by atoms with Gasteiger partial charge in [-0.3, -0.25) is 14.4 Å². The molecule has 4 aromatic rings. The fourth-order valence-electron chi connectivity index (χ4n) is 3.60. The van der Waals surface area contributed by atoms with Crippen molar-refractivity contribution < 1.29 is 19.1 Å². The quantitative estimate of drug-likeness (QED) is 0.337. The molecule has 0 radical (unpaired) electrons. The first-order chi connectivity index (χ1) is 16.0. The number of ether oxygens (including phenoxy) is 1. The van der Waals surface area contributed by atoms with E-state index >= 15 is 0 Å². The van der Waals surface area contributed by atoms with Crippen LogP contribution in [0.3, 0.4) is 0 Å². The molecule has 0 atom stereocenters. The molecule has 2 amide bonds. The number of thiophene rings is 1. The van der Waals surface area contributed by atoms with E-state index in [9.17, 15) is 14.4 Å². The summed E-state index contributed by atoms with van der Waals surface area (Å²) in [6.07, 6.45) is 1.75. The van der Waals surface area contributed by atoms with E-state index in [1.54, 1.807) is 29.5 Å². The Labute approximate surface area is 192 Å². The van der Waals surface area contributed by atoms with Gasteiger partial charge >= 0.3 is 5.97 Å². The maximum atomic E-state index is 12.9. The highest BCUT2D eigenvalue weighted by atomic mass is 32.1. The van der Waals surface area contributed by atoms with Crippen molar-refractivity contribution in [3.05, 3.63) is 80.9 Å². The monoisotopic (exact) mass is 461 g/mol. The molecule has 4 heterocycles. The molecule has 0 saturated heterocycles. The number of amides is 2. The topological polar surface area (TPSA) is 115 Å². The molecular weight excluding hydrogens is 442 g/mol. The fraction of sp³-hybridized carbons (Fsp3) is 0.174. The summed E-state index contributed by atoms with van der Waals surface area (Å²) in [5, 5.41) is 9.85. The Morgan fingerprint density at radius 3 is 2.76 bits per heavy atom. The normalized spacial score (nSPS) is 12.5. The number of nitrogens with zero attached hydrogens (tertiary/aromatic N) is 3. The van der Waals surface area contributed by atoms with Crippen molar-refractivity contribution in [2.75, 3.05) is 0 Å². The van der Waals surface area contributed by atoms with E-state index in [1.165, 1.54) is 21.7 Å². The molecule has 0 fully saturated rings. The van der Waals surface area contributed by atoms with Gasteiger partial charge in [0.15, 0.2) is 5.65 Å². The number of hydrogen-bond donors (Lipinski definition) is 2. The van der Waals surface area contributed by atoms with E-state index < -0.39 is 5.91 Å². The molecule has 9 nitrogen and oxygen atoms in total. The van der Waals surface area contributed by atoms with E-state index in [1.807, 2.05) is 25.1 Å². The number of nitrogens with one attached hydrogen (secondary N) is 2. The Hall–Kier alpha value is -4.05. The van der Waals surface area contributed by atoms with Crippen LogP contribution < -0.4 is 15.4 Å². The van der Waals surface area contributed by atoms with Gasteiger partial charge in [-0.1, -0.05) is 6.07 Å². The number of esters is 1. The van der Waals surface area contributed by atoms with Gasteiger partial charge in [0, 0.05) is 34.0 Å². The van der Waals surface area contributed by atoms with Gasteiger partial charge in [-0.2, -0.15) is 5.10 Å². The molecule has 0 spiro atoms. The van der Waals surface area contributed by atoms with E-state index in [0.29, 0.717) is 17.9 Å². The number of carbonyl (C=O) groups is 3. The number of aryl methyl sites for hydroxylation is 1. The summed E-state index contributed by atoms with van der Waals surface area (Å²) in [4.78, 5) is 43.6. The standard InChI is InChI=1S/C23H19N5O4S/c1-13-2-4-16(33-13)12-25-23(31)18-10-17(27-20-6-7-26-28(18)20)22(30)24-11-14-3-5-19-15(8-14)9-21(29)32-19/h2-8,10H,9,11-12H2,1H3,(H,24,30)(H,25,31). The summed E-state index contributed by atoms with van der Waals surface area (Å²) in [6.45, 7) is 2.63. The smallest absolute Gasteiger partial charge is 0.315 e. The molecule has 33 heavy (non-hydrogen) atoms. The molecule has 0 bridgehead atoms. The van der Waals surface area contributed by atoms with Crippen LogP contribution in [0, 0.1) is 6.92 Å². The lowest BCUT2D eigenvalue weighted by atomic mass is 10.1. The van der Waals surface area contributed by atoms with Crippen LogP contribution in [0.1, 0.15) is 41.9 Å². The molecule has 0 aliphatic carbocycles. The van der Waals surface area contributed by atoms with Crippen molar-refractivity contribution in [2.45, 2.75) is 26.4 Å². The minimum atomic E-state index is -0.422. The molecular formula is C23H19N5O4S. The Balaban J connectivity index is 1.32. The number of benzene rings is 1. The Bertz CT molecular complexity index is 1410. The molecule has 2 N–H and O–H groups in total. The van der Waals surface area contributed by atoms with Crippen molar-refractivity contribution in [3.63, 3.8) is 0 Å². The van der Waals surface area contributed by atoms with Crippen LogP contribution in [0.15, 0.2) is 48.7 Å². The second-order valence-corrected chi connectivity index (χ2v) is 8.97. The van der Waals surface area contributed by atoms with E-state index in [2.05, 4.69) is 20.7 Å². The van der Waals surface area contributed by atoms with Crippen LogP contribution in [0.4, 0.5) is 0 Å². The molecule has 0 unspecified atom stereocenters. The zero-order valence-corrected chi connectivity index (χ0v) is 18.4. The van der Waals surface area contributed by atoms with Gasteiger partial charge in [-0.05, 0) is 36.8 Å². The van der Waals surface area contributed by atoms with Crippen LogP contribution >= 0.6 is 11.3 Å². The van der Waals surface area contributed by atoms with Crippen LogP contribution in [-0.2, 0) is 24.3 Å². The second kappa shape index (κ2) is 8.47. The summed E-state index contributed by atoms with van der Waals surface area (Å²) in [6, 6.07) is 12.4. The van der Waals surface area contributed by atoms with Gasteiger partial charge in [-0.15, -0.1) is 11.3 Å². The van der Waals surface area contributed by atoms with Crippen molar-refractivity contribution >= 4 is 34.8 Å². The summed E-state index contributed by atoms with van der Waals surface area (Å²) < 4.78 is 6.50. The molecule has 1 aliphatic rings. The van der Waals surface area contributed by atoms with Gasteiger partial charge in [0.05, 0.1) is 19.2 Å². The van der Waals surface area contributed by atoms with Crippen molar-refractivity contribution in [2.24, 2.45) is 0 Å². The Morgan fingerprint density at radius 2 is 1.94 bits per heavy atom. The first-order valence-corrected chi connectivity index (χ1v) is 11.1. The zero-order valence-electron chi connectivity index (χ0n) is 17.6. The highest BCUT2D eigenvalue weighted by Gasteiger charge is 2.21. The molecule has 5 rings (SSSR count). The van der Waals surface area contributed by atoms with Crippen molar-refractivity contribution in [1.29, 1.82) is 0 Å². The van der Waals surface area contributed by atoms with Gasteiger partial charge in [0.1, 0.15) is 17.1 Å². The van der Waals surface area contributed by atoms with Gasteiger partial charge in [0.25, 0.3) is 11.8 Å². The van der Waals surface area contributed by atoms with Crippen LogP contribution in [-0.4, -0.2) is 32.4 Å². The van der Waals surface area contributed by atoms with E-state index in [-0.39, 0.29) is 36.2 Å². The van der Waals surface area contributed by atoms with Gasteiger partial charge in [-0.25, -0.2) is 9.50 Å². The Morgan fingerprint density at radius 1 is 1.09 bits per heavy atom. The lowest BCUT2D eigenvalue weighted by Gasteiger charge is -2.10. The highest BCUT2D eigenvalue weighted by molar-refractivity contribution is 7.11. The first-order valence-electron chi connectivity index (χ1n) is 10.3. The summed E-state index contributed by atoms with van der Waals surface area (Å²) in [7, 11) is 0. The van der Waals surface area contributed by atoms with Crippen LogP contribution in [0.5, 0.6) is 5.75 Å². The highest BCUT2D eigenvalue weighted by Crippen LogP contribution is 2.26. The number of fused-ring (bicyclic) bond motifs is 2. The third-order valence-electron chi connectivity index (χ3n) is 5.18. The lowest BCUT2D eigenvalue weighted by molar-refractivity contribution is -0.131. The largest absolute Gasteiger partial charge is 0.426 e. The maximum Gasteiger partial charge on any atom is 0.315 e. The summed E-state index contributed by atoms with van der Waals surface area (Å²) in [5.41, 5.74) is 2.35. The van der Waals surface area contributed by atoms with Crippen LogP contribution in [0.2, 0.25) is 0 Å².